The van der Waals surface area contributed by atoms with Crippen LogP contribution in [0.3, 0.4) is 0 Å². The molecule has 0 aliphatic rings. The minimum absolute atomic E-state index is 0.102. The molecule has 22 heavy (non-hydrogen) atoms. The first-order chi connectivity index (χ1) is 10.1. The van der Waals surface area contributed by atoms with Crippen LogP contribution < -0.4 is 5.32 Å². The Labute approximate surface area is 128 Å². The molecule has 9 heteroatoms. The van der Waals surface area contributed by atoms with Crippen molar-refractivity contribution >= 4 is 23.5 Å². The van der Waals surface area contributed by atoms with Crippen LogP contribution in [0.2, 0.25) is 5.02 Å². The number of halogens is 5. The summed E-state index contributed by atoms with van der Waals surface area (Å²) in [6, 6.07) is 2.25. The Morgan fingerprint density at radius 2 is 1.95 bits per heavy atom. The van der Waals surface area contributed by atoms with Gasteiger partial charge in [0.25, 0.3) is 0 Å². The fourth-order valence-corrected chi connectivity index (χ4v) is 1.80. The van der Waals surface area contributed by atoms with Crippen LogP contribution in [0.15, 0.2) is 18.2 Å². The number of carboxylic acid groups (broad SMARTS) is 1. The average Bonchev–Trinajstić information content (AvgIpc) is 2.37. The number of carbonyl (C=O) groups is 2. The highest BCUT2D eigenvalue weighted by Gasteiger charge is 2.28. The summed E-state index contributed by atoms with van der Waals surface area (Å²) in [5.41, 5.74) is 0.102. The predicted molar refractivity (Wildman–Crippen MR) is 69.8 cm³/mol. The van der Waals surface area contributed by atoms with Crippen LogP contribution >= 0.6 is 11.6 Å². The van der Waals surface area contributed by atoms with E-state index >= 15 is 0 Å². The van der Waals surface area contributed by atoms with E-state index in [4.69, 9.17) is 16.7 Å². The lowest BCUT2D eigenvalue weighted by Crippen LogP contribution is -2.31. The van der Waals surface area contributed by atoms with Crippen LogP contribution in [0, 0.1) is 5.82 Å². The predicted octanol–water partition coefficient (Wildman–Crippen LogP) is 3.45. The third-order valence-corrected chi connectivity index (χ3v) is 3.00. The minimum atomic E-state index is -4.49. The fourth-order valence-electron chi connectivity index (χ4n) is 1.68. The molecule has 1 aromatic rings. The minimum Gasteiger partial charge on any atom is -0.481 e. The first-order valence-corrected chi connectivity index (χ1v) is 6.49. The lowest BCUT2D eigenvalue weighted by molar-refractivity contribution is -0.145. The molecule has 1 atom stereocenters. The molecular formula is C13H12ClF4NO3. The fraction of sp³-hybridized carbons (Fsp3) is 0.385. The van der Waals surface area contributed by atoms with Gasteiger partial charge in [-0.05, 0) is 17.7 Å². The number of benzene rings is 1. The molecule has 0 heterocycles. The van der Waals surface area contributed by atoms with E-state index in [-0.39, 0.29) is 10.6 Å². The largest absolute Gasteiger partial charge is 0.481 e. The molecule has 1 rings (SSSR count). The molecule has 0 fully saturated rings. The molecular weight excluding hydrogens is 330 g/mol. The lowest BCUT2D eigenvalue weighted by Gasteiger charge is -2.18. The summed E-state index contributed by atoms with van der Waals surface area (Å²) in [5.74, 6) is -3.09. The number of hydrogen-bond donors (Lipinski definition) is 2. The van der Waals surface area contributed by atoms with Crippen molar-refractivity contribution in [2.75, 3.05) is 0 Å². The summed E-state index contributed by atoms with van der Waals surface area (Å²) in [4.78, 5) is 22.3. The Morgan fingerprint density at radius 3 is 2.45 bits per heavy atom. The second-order valence-corrected chi connectivity index (χ2v) is 4.91. The van der Waals surface area contributed by atoms with E-state index in [1.54, 1.807) is 0 Å². The number of alkyl halides is 3. The van der Waals surface area contributed by atoms with Crippen LogP contribution in [-0.2, 0) is 9.59 Å². The number of rotatable bonds is 6. The molecule has 0 radical (unpaired) electrons. The van der Waals surface area contributed by atoms with E-state index in [2.05, 4.69) is 5.32 Å². The van der Waals surface area contributed by atoms with Gasteiger partial charge in [-0.1, -0.05) is 17.7 Å². The molecule has 0 aliphatic carbocycles. The number of amides is 1. The third kappa shape index (κ3) is 6.30. The highest BCUT2D eigenvalue weighted by atomic mass is 35.5. The van der Waals surface area contributed by atoms with Gasteiger partial charge in [-0.15, -0.1) is 0 Å². The molecule has 0 bridgehead atoms. The van der Waals surface area contributed by atoms with E-state index < -0.39 is 49.2 Å². The first kappa shape index (κ1) is 18.2. The summed E-state index contributed by atoms with van der Waals surface area (Å²) >= 11 is 5.49. The summed E-state index contributed by atoms with van der Waals surface area (Å²) in [6.45, 7) is 0. The van der Waals surface area contributed by atoms with Crippen LogP contribution in [0.1, 0.15) is 30.9 Å². The molecule has 0 spiro atoms. The Morgan fingerprint density at radius 1 is 1.32 bits per heavy atom. The van der Waals surface area contributed by atoms with E-state index in [1.807, 2.05) is 0 Å². The standard InChI is InChI=1S/C13H12ClF4NO3/c14-8-2-1-7(5-9(8)15)10(6-12(21)22)19-11(20)3-4-13(16,17)18/h1-2,5,10H,3-4,6H2,(H,19,20)(H,21,22). The van der Waals surface area contributed by atoms with Gasteiger partial charge < -0.3 is 10.4 Å². The van der Waals surface area contributed by atoms with Crippen molar-refractivity contribution in [3.63, 3.8) is 0 Å². The maximum atomic E-state index is 13.4. The molecule has 1 aromatic carbocycles. The molecule has 0 saturated heterocycles. The molecule has 0 aromatic heterocycles. The van der Waals surface area contributed by atoms with Gasteiger partial charge in [0.15, 0.2) is 0 Å². The maximum absolute atomic E-state index is 13.4. The van der Waals surface area contributed by atoms with Crippen LogP contribution in [0.4, 0.5) is 17.6 Å². The van der Waals surface area contributed by atoms with E-state index in [1.165, 1.54) is 12.1 Å². The Hall–Kier alpha value is -1.83. The first-order valence-electron chi connectivity index (χ1n) is 6.11. The van der Waals surface area contributed by atoms with Gasteiger partial charge in [0.2, 0.25) is 5.91 Å². The maximum Gasteiger partial charge on any atom is 0.389 e. The van der Waals surface area contributed by atoms with Crippen molar-refractivity contribution in [1.29, 1.82) is 0 Å². The molecule has 1 unspecified atom stereocenters. The Kier molecular flexibility index (Phi) is 6.16. The number of aliphatic carboxylic acids is 1. The van der Waals surface area contributed by atoms with Crippen LogP contribution in [0.5, 0.6) is 0 Å². The molecule has 1 amide bonds. The smallest absolute Gasteiger partial charge is 0.389 e. The number of carboxylic acids is 1. The highest BCUT2D eigenvalue weighted by molar-refractivity contribution is 6.30. The van der Waals surface area contributed by atoms with Crippen molar-refractivity contribution in [3.05, 3.63) is 34.6 Å². The molecule has 0 saturated carbocycles. The van der Waals surface area contributed by atoms with Gasteiger partial charge in [0, 0.05) is 6.42 Å². The Bertz CT molecular complexity index is 563. The average molecular weight is 342 g/mol. The van der Waals surface area contributed by atoms with Gasteiger partial charge in [0.1, 0.15) is 5.82 Å². The van der Waals surface area contributed by atoms with Crippen molar-refractivity contribution in [2.45, 2.75) is 31.5 Å². The van der Waals surface area contributed by atoms with E-state index in [9.17, 15) is 27.2 Å². The Balaban J connectivity index is 2.82. The zero-order valence-corrected chi connectivity index (χ0v) is 11.8. The molecule has 4 nitrogen and oxygen atoms in total. The summed E-state index contributed by atoms with van der Waals surface area (Å²) in [7, 11) is 0. The molecule has 122 valence electrons. The van der Waals surface area contributed by atoms with Crippen molar-refractivity contribution < 1.29 is 32.3 Å². The number of carbonyl (C=O) groups excluding carboxylic acids is 1. The van der Waals surface area contributed by atoms with Gasteiger partial charge >= 0.3 is 12.1 Å². The molecule has 0 aliphatic heterocycles. The van der Waals surface area contributed by atoms with E-state index in [0.29, 0.717) is 0 Å². The number of nitrogens with one attached hydrogen (secondary N) is 1. The third-order valence-electron chi connectivity index (χ3n) is 2.70. The second kappa shape index (κ2) is 7.44. The zero-order chi connectivity index (χ0) is 16.9. The van der Waals surface area contributed by atoms with Crippen LogP contribution in [0.25, 0.3) is 0 Å². The molecule has 2 N–H and O–H groups in total. The van der Waals surface area contributed by atoms with E-state index in [0.717, 1.165) is 6.07 Å². The summed E-state index contributed by atoms with van der Waals surface area (Å²) in [6.07, 6.45) is -7.26. The van der Waals surface area contributed by atoms with Crippen molar-refractivity contribution in [3.8, 4) is 0 Å². The highest BCUT2D eigenvalue weighted by Crippen LogP contribution is 2.24. The number of hydrogen-bond acceptors (Lipinski definition) is 2. The topological polar surface area (TPSA) is 66.4 Å². The van der Waals surface area contributed by atoms with Gasteiger partial charge in [-0.25, -0.2) is 4.39 Å². The summed E-state index contributed by atoms with van der Waals surface area (Å²) < 4.78 is 49.5. The lowest BCUT2D eigenvalue weighted by atomic mass is 10.0. The zero-order valence-electron chi connectivity index (χ0n) is 11.1. The van der Waals surface area contributed by atoms with Gasteiger partial charge in [0.05, 0.1) is 23.9 Å². The van der Waals surface area contributed by atoms with Gasteiger partial charge in [-0.3, -0.25) is 9.59 Å². The SMILES string of the molecule is O=C(O)CC(NC(=O)CCC(F)(F)F)c1ccc(Cl)c(F)c1. The quantitative estimate of drug-likeness (QED) is 0.779. The van der Waals surface area contributed by atoms with Crippen molar-refractivity contribution in [1.82, 2.24) is 5.32 Å². The van der Waals surface area contributed by atoms with Crippen LogP contribution in [-0.4, -0.2) is 23.2 Å². The summed E-state index contributed by atoms with van der Waals surface area (Å²) in [5, 5.41) is 10.8. The van der Waals surface area contributed by atoms with Gasteiger partial charge in [-0.2, -0.15) is 13.2 Å². The monoisotopic (exact) mass is 341 g/mol. The van der Waals surface area contributed by atoms with Crippen molar-refractivity contribution in [2.24, 2.45) is 0 Å². The second-order valence-electron chi connectivity index (χ2n) is 4.51. The normalized spacial score (nSPS) is 12.8.